The molecule has 0 bridgehead atoms. The number of hydrogen-bond acceptors (Lipinski definition) is 6. The van der Waals surface area contributed by atoms with Crippen LogP contribution in [0, 0.1) is 13.8 Å². The Morgan fingerprint density at radius 1 is 1.00 bits per heavy atom. The first kappa shape index (κ1) is 21.5. The molecule has 0 aliphatic carbocycles. The van der Waals surface area contributed by atoms with E-state index in [1.165, 1.54) is 0 Å². The predicted molar refractivity (Wildman–Crippen MR) is 130 cm³/mol. The highest BCUT2D eigenvalue weighted by atomic mass is 16.5. The average Bonchev–Trinajstić information content (AvgIpc) is 3.22. The Morgan fingerprint density at radius 2 is 1.82 bits per heavy atom. The molecule has 2 aromatic carbocycles. The third-order valence-electron chi connectivity index (χ3n) is 5.62. The lowest BCUT2D eigenvalue weighted by Gasteiger charge is -2.11. The van der Waals surface area contributed by atoms with Gasteiger partial charge in [0.1, 0.15) is 11.1 Å². The van der Waals surface area contributed by atoms with Gasteiger partial charge < -0.3 is 4.74 Å². The van der Waals surface area contributed by atoms with E-state index >= 15 is 0 Å². The van der Waals surface area contributed by atoms with E-state index in [2.05, 4.69) is 20.1 Å². The van der Waals surface area contributed by atoms with Crippen molar-refractivity contribution in [3.63, 3.8) is 0 Å². The number of benzene rings is 2. The maximum absolute atomic E-state index is 12.9. The van der Waals surface area contributed by atoms with E-state index in [0.29, 0.717) is 40.5 Å². The van der Waals surface area contributed by atoms with Crippen molar-refractivity contribution in [1.82, 2.24) is 24.7 Å². The van der Waals surface area contributed by atoms with Crippen LogP contribution in [0.15, 0.2) is 73.2 Å². The minimum absolute atomic E-state index is 0.0700. The highest BCUT2D eigenvalue weighted by molar-refractivity contribution is 5.97. The largest absolute Gasteiger partial charge is 0.438 e. The molecule has 0 saturated heterocycles. The van der Waals surface area contributed by atoms with Gasteiger partial charge in [0.05, 0.1) is 0 Å². The second-order valence-corrected chi connectivity index (χ2v) is 8.29. The molecule has 7 nitrogen and oxygen atoms in total. The van der Waals surface area contributed by atoms with Crippen LogP contribution in [0.3, 0.4) is 0 Å². The number of fused-ring (bicyclic) bond motifs is 1. The normalized spacial score (nSPS) is 11.0. The van der Waals surface area contributed by atoms with Gasteiger partial charge in [0.15, 0.2) is 17.3 Å². The van der Waals surface area contributed by atoms with Crippen molar-refractivity contribution < 1.29 is 9.53 Å². The smallest absolute Gasteiger partial charge is 0.234 e. The van der Waals surface area contributed by atoms with E-state index in [1.807, 2.05) is 81.7 Å². The summed E-state index contributed by atoms with van der Waals surface area (Å²) in [6.07, 6.45) is 5.51. The molecule has 3 heterocycles. The van der Waals surface area contributed by atoms with Gasteiger partial charge in [-0.25, -0.2) is 4.98 Å². The fraction of sp³-hybridized carbons (Fsp3) is 0.148. The molecule has 168 valence electrons. The van der Waals surface area contributed by atoms with Crippen LogP contribution in [-0.4, -0.2) is 30.5 Å². The zero-order chi connectivity index (χ0) is 23.7. The maximum atomic E-state index is 12.9. The van der Waals surface area contributed by atoms with Gasteiger partial charge in [-0.15, -0.1) is 0 Å². The van der Waals surface area contributed by atoms with Gasteiger partial charge in [-0.1, -0.05) is 29.8 Å². The van der Waals surface area contributed by atoms with Gasteiger partial charge >= 0.3 is 0 Å². The fourth-order valence-electron chi connectivity index (χ4n) is 3.81. The van der Waals surface area contributed by atoms with E-state index < -0.39 is 0 Å². The lowest BCUT2D eigenvalue weighted by Crippen LogP contribution is -2.05. The number of rotatable bonds is 6. The number of aryl methyl sites for hydroxylation is 3. The van der Waals surface area contributed by atoms with Crippen molar-refractivity contribution in [2.45, 2.75) is 20.3 Å². The fourth-order valence-corrected chi connectivity index (χ4v) is 3.81. The highest BCUT2D eigenvalue weighted by Gasteiger charge is 2.16. The lowest BCUT2D eigenvalue weighted by atomic mass is 9.98. The number of pyridine rings is 1. The summed E-state index contributed by atoms with van der Waals surface area (Å²) in [7, 11) is 1.83. The minimum Gasteiger partial charge on any atom is -0.438 e. The molecule has 5 aromatic rings. The summed E-state index contributed by atoms with van der Waals surface area (Å²) in [6, 6.07) is 17.1. The Kier molecular flexibility index (Phi) is 5.59. The van der Waals surface area contributed by atoms with E-state index in [4.69, 9.17) is 4.74 Å². The molecule has 7 heteroatoms. The maximum Gasteiger partial charge on any atom is 0.234 e. The second-order valence-electron chi connectivity index (χ2n) is 8.29. The van der Waals surface area contributed by atoms with Crippen molar-refractivity contribution in [2.24, 2.45) is 7.05 Å². The molecular formula is C27H23N5O2. The van der Waals surface area contributed by atoms with Crippen molar-refractivity contribution in [2.75, 3.05) is 0 Å². The van der Waals surface area contributed by atoms with Crippen molar-refractivity contribution in [3.8, 4) is 23.0 Å². The number of nitrogens with zero attached hydrogens (tertiary/aromatic N) is 5. The molecule has 0 N–H and O–H groups in total. The predicted octanol–water partition coefficient (Wildman–Crippen LogP) is 5.26. The van der Waals surface area contributed by atoms with Crippen molar-refractivity contribution in [1.29, 1.82) is 0 Å². The minimum atomic E-state index is 0.0700. The number of ketones is 1. The van der Waals surface area contributed by atoms with Crippen LogP contribution in [0.2, 0.25) is 0 Å². The molecule has 5 rings (SSSR count). The monoisotopic (exact) mass is 449 g/mol. The van der Waals surface area contributed by atoms with Gasteiger partial charge in [-0.3, -0.25) is 14.5 Å². The number of Topliss-reactive ketones (excluding diaryl/α,β-unsaturated/α-hetero) is 1. The van der Waals surface area contributed by atoms with E-state index in [9.17, 15) is 4.79 Å². The molecule has 0 atom stereocenters. The molecule has 3 aromatic heterocycles. The molecule has 0 radical (unpaired) electrons. The van der Waals surface area contributed by atoms with E-state index in [1.54, 1.807) is 17.1 Å². The van der Waals surface area contributed by atoms with Crippen LogP contribution in [0.25, 0.3) is 22.4 Å². The molecule has 0 saturated carbocycles. The molecule has 0 unspecified atom stereocenters. The number of ether oxygens (including phenoxy) is 1. The molecule has 34 heavy (non-hydrogen) atoms. The van der Waals surface area contributed by atoms with Gasteiger partial charge in [0, 0.05) is 43.2 Å². The molecule has 0 amide bonds. The first-order valence-corrected chi connectivity index (χ1v) is 11.0. The molecule has 0 spiro atoms. The standard InChI is InChI=1S/C27H23N5O2/c1-17-5-4-6-20(13-17)24(33)15-21-14-22(8-7-18(21)2)34-27-23-16-32(3)31-26(23)29-25(30-27)19-9-11-28-12-10-19/h4-14,16H,15H2,1-3H3. The number of carbonyl (C=O) groups excluding carboxylic acids is 1. The van der Waals surface area contributed by atoms with E-state index in [-0.39, 0.29) is 5.78 Å². The van der Waals surface area contributed by atoms with Crippen LogP contribution in [-0.2, 0) is 13.5 Å². The van der Waals surface area contributed by atoms with E-state index in [0.717, 1.165) is 22.3 Å². The summed E-state index contributed by atoms with van der Waals surface area (Å²) in [5.41, 5.74) is 5.08. The third-order valence-corrected chi connectivity index (χ3v) is 5.62. The Morgan fingerprint density at radius 3 is 2.62 bits per heavy atom. The summed E-state index contributed by atoms with van der Waals surface area (Å²) in [5, 5.41) is 5.15. The van der Waals surface area contributed by atoms with Crippen molar-refractivity contribution in [3.05, 3.63) is 95.4 Å². The highest BCUT2D eigenvalue weighted by Crippen LogP contribution is 2.30. The molecule has 0 aliphatic heterocycles. The zero-order valence-corrected chi connectivity index (χ0v) is 19.2. The first-order chi connectivity index (χ1) is 16.5. The quantitative estimate of drug-likeness (QED) is 0.329. The molecular weight excluding hydrogens is 426 g/mol. The van der Waals surface area contributed by atoms with Gasteiger partial charge in [-0.05, 0) is 55.3 Å². The lowest BCUT2D eigenvalue weighted by molar-refractivity contribution is 0.0992. The number of hydrogen-bond donors (Lipinski definition) is 0. The van der Waals surface area contributed by atoms with Gasteiger partial charge in [0.25, 0.3) is 0 Å². The Labute approximate surface area is 197 Å². The SMILES string of the molecule is Cc1cccc(C(=O)Cc2cc(Oc3nc(-c4ccncc4)nc4nn(C)cc34)ccc2C)c1. The van der Waals surface area contributed by atoms with Gasteiger partial charge in [0.2, 0.25) is 5.88 Å². The van der Waals surface area contributed by atoms with Crippen molar-refractivity contribution >= 4 is 16.8 Å². The summed E-state index contributed by atoms with van der Waals surface area (Å²) < 4.78 is 7.92. The van der Waals surface area contributed by atoms with Gasteiger partial charge in [-0.2, -0.15) is 10.1 Å². The Bertz CT molecular complexity index is 1510. The number of aromatic nitrogens is 5. The number of carbonyl (C=O) groups is 1. The summed E-state index contributed by atoms with van der Waals surface area (Å²) in [4.78, 5) is 26.2. The second kappa shape index (κ2) is 8.86. The third kappa shape index (κ3) is 4.41. The summed E-state index contributed by atoms with van der Waals surface area (Å²) in [6.45, 7) is 3.98. The van der Waals surface area contributed by atoms with Crippen LogP contribution in [0.5, 0.6) is 11.6 Å². The van der Waals surface area contributed by atoms with Crippen LogP contribution in [0.4, 0.5) is 0 Å². The first-order valence-electron chi connectivity index (χ1n) is 11.0. The zero-order valence-electron chi connectivity index (χ0n) is 19.2. The van der Waals surface area contributed by atoms with Crippen LogP contribution < -0.4 is 4.74 Å². The average molecular weight is 450 g/mol. The molecule has 0 fully saturated rings. The summed E-state index contributed by atoms with van der Waals surface area (Å²) in [5.74, 6) is 1.58. The van der Waals surface area contributed by atoms with Crippen LogP contribution >= 0.6 is 0 Å². The summed E-state index contributed by atoms with van der Waals surface area (Å²) >= 11 is 0. The molecule has 0 aliphatic rings. The Balaban J connectivity index is 1.49. The van der Waals surface area contributed by atoms with Crippen LogP contribution in [0.1, 0.15) is 27.0 Å². The Hall–Kier alpha value is -4.39. The topological polar surface area (TPSA) is 82.8 Å².